The predicted octanol–water partition coefficient (Wildman–Crippen LogP) is 4.79. The predicted molar refractivity (Wildman–Crippen MR) is 111 cm³/mol. The molecule has 0 radical (unpaired) electrons. The molecular weight excluding hydrogens is 334 g/mol. The Morgan fingerprint density at radius 3 is 2.07 bits per heavy atom. The van der Waals surface area contributed by atoms with Crippen molar-refractivity contribution in [2.75, 3.05) is 26.9 Å². The van der Waals surface area contributed by atoms with Crippen LogP contribution in [0, 0.1) is 0 Å². The third-order valence-electron chi connectivity index (χ3n) is 4.22. The molecule has 0 fully saturated rings. The van der Waals surface area contributed by atoms with Gasteiger partial charge >= 0.3 is 0 Å². The van der Waals surface area contributed by atoms with Crippen LogP contribution in [0.3, 0.4) is 0 Å². The molecule has 3 rings (SSSR count). The van der Waals surface area contributed by atoms with Gasteiger partial charge in [-0.2, -0.15) is 0 Å². The molecule has 0 saturated carbocycles. The minimum atomic E-state index is 0.560. The summed E-state index contributed by atoms with van der Waals surface area (Å²) in [5.41, 5.74) is 4.53. The number of hydrogen-bond donors (Lipinski definition) is 0. The van der Waals surface area contributed by atoms with E-state index in [1.165, 1.54) is 5.56 Å². The second-order valence-electron chi connectivity index (χ2n) is 6.20. The Bertz CT molecular complexity index is 803. The van der Waals surface area contributed by atoms with E-state index in [1.807, 2.05) is 24.3 Å². The van der Waals surface area contributed by atoms with Gasteiger partial charge in [0.25, 0.3) is 0 Å². The summed E-state index contributed by atoms with van der Waals surface area (Å²) in [6.07, 6.45) is 0.866. The van der Waals surface area contributed by atoms with E-state index in [0.29, 0.717) is 13.2 Å². The lowest BCUT2D eigenvalue weighted by atomic mass is 10.0. The Morgan fingerprint density at radius 2 is 1.44 bits per heavy atom. The van der Waals surface area contributed by atoms with Gasteiger partial charge in [-0.15, -0.1) is 0 Å². The zero-order valence-corrected chi connectivity index (χ0v) is 15.7. The Hall–Kier alpha value is -2.91. The van der Waals surface area contributed by atoms with Crippen LogP contribution in [0.4, 0.5) is 0 Å². The molecule has 0 bridgehead atoms. The maximum atomic E-state index is 5.69. The molecule has 3 heteroatoms. The molecule has 0 aliphatic heterocycles. The van der Waals surface area contributed by atoms with Gasteiger partial charge in [-0.1, -0.05) is 72.8 Å². The average Bonchev–Trinajstić information content (AvgIpc) is 2.73. The molecule has 0 amide bonds. The first-order chi connectivity index (χ1) is 13.4. The molecule has 0 spiro atoms. The molecule has 3 nitrogen and oxygen atoms in total. The topological polar surface area (TPSA) is 30.8 Å². The van der Waals surface area contributed by atoms with Crippen LogP contribution >= 0.6 is 0 Å². The summed E-state index contributed by atoms with van der Waals surface area (Å²) >= 11 is 0. The van der Waals surface area contributed by atoms with Crippen LogP contribution in [-0.2, 0) is 11.2 Å². The maximum absolute atomic E-state index is 5.69. The molecule has 0 atom stereocenters. The zero-order chi connectivity index (χ0) is 18.7. The Balaban J connectivity index is 1.71. The highest BCUT2D eigenvalue weighted by Crippen LogP contribution is 2.15. The molecule has 27 heavy (non-hydrogen) atoms. The van der Waals surface area contributed by atoms with Gasteiger partial charge in [-0.25, -0.2) is 0 Å². The lowest BCUT2D eigenvalue weighted by molar-refractivity contribution is 0.146. The summed E-state index contributed by atoms with van der Waals surface area (Å²) in [5.74, 6) is 0.875. The smallest absolute Gasteiger partial charge is 0.119 e. The van der Waals surface area contributed by atoms with E-state index in [2.05, 4.69) is 60.7 Å². The lowest BCUT2D eigenvalue weighted by Gasteiger charge is -2.09. The quantitative estimate of drug-likeness (QED) is 0.406. The van der Waals surface area contributed by atoms with E-state index < -0.39 is 0 Å². The van der Waals surface area contributed by atoms with E-state index in [4.69, 9.17) is 14.5 Å². The first-order valence-electron chi connectivity index (χ1n) is 9.23. The monoisotopic (exact) mass is 359 g/mol. The molecule has 0 unspecified atom stereocenters. The minimum Gasteiger partial charge on any atom is -0.491 e. The van der Waals surface area contributed by atoms with E-state index >= 15 is 0 Å². The van der Waals surface area contributed by atoms with Gasteiger partial charge in [0.05, 0.1) is 12.3 Å². The number of methoxy groups -OCH3 is 1. The highest BCUT2D eigenvalue weighted by atomic mass is 16.5. The molecule has 3 aromatic carbocycles. The van der Waals surface area contributed by atoms with Crippen LogP contribution in [0.2, 0.25) is 0 Å². The van der Waals surface area contributed by atoms with E-state index in [1.54, 1.807) is 7.11 Å². The van der Waals surface area contributed by atoms with E-state index in [-0.39, 0.29) is 0 Å². The van der Waals surface area contributed by atoms with Gasteiger partial charge in [0.2, 0.25) is 0 Å². The summed E-state index contributed by atoms with van der Waals surface area (Å²) in [7, 11) is 1.68. The van der Waals surface area contributed by atoms with Gasteiger partial charge in [0, 0.05) is 24.8 Å². The largest absolute Gasteiger partial charge is 0.491 e. The molecule has 0 aromatic heterocycles. The maximum Gasteiger partial charge on any atom is 0.119 e. The SMILES string of the molecule is COCCOc1cccc(CCN=C(c2ccccc2)c2ccccc2)c1. The molecule has 0 aliphatic rings. The van der Waals surface area contributed by atoms with Crippen LogP contribution in [-0.4, -0.2) is 32.6 Å². The lowest BCUT2D eigenvalue weighted by Crippen LogP contribution is -2.06. The van der Waals surface area contributed by atoms with Crippen molar-refractivity contribution in [1.82, 2.24) is 0 Å². The van der Waals surface area contributed by atoms with Crippen LogP contribution in [0.5, 0.6) is 5.75 Å². The average molecular weight is 359 g/mol. The van der Waals surface area contributed by atoms with Gasteiger partial charge in [-0.3, -0.25) is 4.99 Å². The molecular formula is C24H25NO2. The van der Waals surface area contributed by atoms with Crippen molar-refractivity contribution < 1.29 is 9.47 Å². The standard InChI is InChI=1S/C24H25NO2/c1-26-17-18-27-23-14-8-9-20(19-23)15-16-25-24(21-10-4-2-5-11-21)22-12-6-3-7-13-22/h2-14,19H,15-18H2,1H3. The number of rotatable bonds is 9. The Morgan fingerprint density at radius 1 is 0.778 bits per heavy atom. The Kier molecular flexibility index (Phi) is 7.19. The molecule has 0 N–H and O–H groups in total. The van der Waals surface area contributed by atoms with Crippen molar-refractivity contribution in [2.24, 2.45) is 4.99 Å². The van der Waals surface area contributed by atoms with Gasteiger partial charge in [-0.05, 0) is 24.1 Å². The van der Waals surface area contributed by atoms with Crippen molar-refractivity contribution in [3.63, 3.8) is 0 Å². The van der Waals surface area contributed by atoms with Gasteiger partial charge < -0.3 is 9.47 Å². The zero-order valence-electron chi connectivity index (χ0n) is 15.7. The number of aliphatic imine (C=N–C) groups is 1. The van der Waals surface area contributed by atoms with Crippen molar-refractivity contribution in [3.05, 3.63) is 102 Å². The Labute approximate surface area is 161 Å². The van der Waals surface area contributed by atoms with E-state index in [9.17, 15) is 0 Å². The molecule has 0 aliphatic carbocycles. The fourth-order valence-electron chi connectivity index (χ4n) is 2.87. The number of hydrogen-bond acceptors (Lipinski definition) is 3. The minimum absolute atomic E-state index is 0.560. The second kappa shape index (κ2) is 10.3. The number of benzene rings is 3. The van der Waals surface area contributed by atoms with Crippen LogP contribution in [0.1, 0.15) is 16.7 Å². The summed E-state index contributed by atoms with van der Waals surface area (Å²) in [4.78, 5) is 4.92. The summed E-state index contributed by atoms with van der Waals surface area (Å²) in [6.45, 7) is 1.87. The summed E-state index contributed by atoms with van der Waals surface area (Å²) in [6, 6.07) is 28.9. The molecule has 3 aromatic rings. The van der Waals surface area contributed by atoms with Crippen LogP contribution in [0.25, 0.3) is 0 Å². The third-order valence-corrected chi connectivity index (χ3v) is 4.22. The number of ether oxygens (including phenoxy) is 2. The van der Waals surface area contributed by atoms with Crippen molar-refractivity contribution in [1.29, 1.82) is 0 Å². The first-order valence-corrected chi connectivity index (χ1v) is 9.23. The highest BCUT2D eigenvalue weighted by molar-refractivity contribution is 6.12. The molecule has 138 valence electrons. The molecule has 0 saturated heterocycles. The van der Waals surface area contributed by atoms with Gasteiger partial charge in [0.1, 0.15) is 12.4 Å². The van der Waals surface area contributed by atoms with Crippen molar-refractivity contribution in [3.8, 4) is 5.75 Å². The summed E-state index contributed by atoms with van der Waals surface area (Å²) in [5, 5.41) is 0. The fraction of sp³-hybridized carbons (Fsp3) is 0.208. The highest BCUT2D eigenvalue weighted by Gasteiger charge is 2.06. The van der Waals surface area contributed by atoms with Gasteiger partial charge in [0.15, 0.2) is 0 Å². The second-order valence-corrected chi connectivity index (χ2v) is 6.20. The third kappa shape index (κ3) is 5.80. The first kappa shape index (κ1) is 18.9. The van der Waals surface area contributed by atoms with Crippen LogP contribution in [0.15, 0.2) is 89.9 Å². The molecule has 0 heterocycles. The normalized spacial score (nSPS) is 10.4. The van der Waals surface area contributed by atoms with Crippen molar-refractivity contribution in [2.45, 2.75) is 6.42 Å². The van der Waals surface area contributed by atoms with E-state index in [0.717, 1.165) is 35.6 Å². The van der Waals surface area contributed by atoms with Crippen LogP contribution < -0.4 is 4.74 Å². The number of nitrogens with zero attached hydrogens (tertiary/aromatic N) is 1. The fourth-order valence-corrected chi connectivity index (χ4v) is 2.87. The summed E-state index contributed by atoms with van der Waals surface area (Å²) < 4.78 is 10.7. The van der Waals surface area contributed by atoms with Crippen molar-refractivity contribution >= 4 is 5.71 Å².